The van der Waals surface area contributed by atoms with Gasteiger partial charge in [-0.15, -0.1) is 0 Å². The van der Waals surface area contributed by atoms with Crippen molar-refractivity contribution < 1.29 is 18.0 Å². The van der Waals surface area contributed by atoms with Gasteiger partial charge in [0.05, 0.1) is 5.56 Å². The first-order valence-electron chi connectivity index (χ1n) is 4.70. The molecule has 0 bridgehead atoms. The van der Waals surface area contributed by atoms with E-state index in [1.165, 1.54) is 12.1 Å². The maximum atomic E-state index is 12.8. The second-order valence-corrected chi connectivity index (χ2v) is 4.53. The highest BCUT2D eigenvalue weighted by Crippen LogP contribution is 2.36. The fourth-order valence-corrected chi connectivity index (χ4v) is 2.10. The number of carbonyl (C=O) groups is 1. The minimum Gasteiger partial charge on any atom is -0.350 e. The third-order valence-corrected chi connectivity index (χ3v) is 2.89. The van der Waals surface area contributed by atoms with Gasteiger partial charge in [0.25, 0.3) is 0 Å². The van der Waals surface area contributed by atoms with Crippen molar-refractivity contribution in [3.05, 3.63) is 33.9 Å². The number of carbonyl (C=O) groups excluding carboxylic acids is 1. The van der Waals surface area contributed by atoms with E-state index in [-0.39, 0.29) is 10.9 Å². The topological polar surface area (TPSA) is 32.9 Å². The minimum absolute atomic E-state index is 0.277. The van der Waals surface area contributed by atoms with E-state index < -0.39 is 17.7 Å². The predicted molar refractivity (Wildman–Crippen MR) is 61.0 cm³/mol. The number of aromatic nitrogens is 1. The van der Waals surface area contributed by atoms with E-state index in [2.05, 4.69) is 20.9 Å². The van der Waals surface area contributed by atoms with Gasteiger partial charge in [-0.05, 0) is 25.1 Å². The van der Waals surface area contributed by atoms with Crippen LogP contribution in [0, 0.1) is 0 Å². The van der Waals surface area contributed by atoms with Gasteiger partial charge in [-0.2, -0.15) is 13.2 Å². The number of ketones is 1. The zero-order valence-electron chi connectivity index (χ0n) is 8.65. The van der Waals surface area contributed by atoms with Crippen molar-refractivity contribution in [3.8, 4) is 0 Å². The lowest BCUT2D eigenvalue weighted by molar-refractivity contribution is -0.140. The highest BCUT2D eigenvalue weighted by molar-refractivity contribution is 9.10. The van der Waals surface area contributed by atoms with Crippen LogP contribution in [0.5, 0.6) is 0 Å². The lowest BCUT2D eigenvalue weighted by Gasteiger charge is -2.05. The van der Waals surface area contributed by atoms with Gasteiger partial charge >= 0.3 is 6.18 Å². The van der Waals surface area contributed by atoms with E-state index >= 15 is 0 Å². The average Bonchev–Trinajstić information content (AvgIpc) is 2.55. The molecule has 0 unspecified atom stereocenters. The van der Waals surface area contributed by atoms with Crippen LogP contribution in [0.4, 0.5) is 13.2 Å². The Kier molecular flexibility index (Phi) is 2.77. The standard InChI is InChI=1S/C11H7BrF3NO/c1-5(17)9-7-4-6(12)2-3-8(7)16-10(9)11(13,14)15/h2-4,16H,1H3. The molecule has 2 rings (SSSR count). The summed E-state index contributed by atoms with van der Waals surface area (Å²) in [6.45, 7) is 1.12. The van der Waals surface area contributed by atoms with Crippen LogP contribution in [-0.2, 0) is 6.18 Å². The van der Waals surface area contributed by atoms with E-state index in [4.69, 9.17) is 0 Å². The van der Waals surface area contributed by atoms with E-state index in [9.17, 15) is 18.0 Å². The molecule has 0 aliphatic rings. The normalized spacial score (nSPS) is 12.1. The minimum atomic E-state index is -4.56. The third kappa shape index (κ3) is 2.09. The number of rotatable bonds is 1. The second kappa shape index (κ2) is 3.87. The molecule has 2 aromatic rings. The average molecular weight is 306 g/mol. The molecule has 90 valence electrons. The molecule has 1 aromatic carbocycles. The van der Waals surface area contributed by atoms with Gasteiger partial charge in [0.15, 0.2) is 5.78 Å². The molecule has 0 saturated carbocycles. The van der Waals surface area contributed by atoms with Gasteiger partial charge in [0.1, 0.15) is 5.69 Å². The number of benzene rings is 1. The number of fused-ring (bicyclic) bond motifs is 1. The molecule has 0 saturated heterocycles. The second-order valence-electron chi connectivity index (χ2n) is 3.62. The van der Waals surface area contributed by atoms with Crippen molar-refractivity contribution >= 4 is 32.6 Å². The first-order chi connectivity index (χ1) is 7.80. The first kappa shape index (κ1) is 12.2. The molecule has 1 N–H and O–H groups in total. The fraction of sp³-hybridized carbons (Fsp3) is 0.182. The van der Waals surface area contributed by atoms with E-state index in [1.54, 1.807) is 6.07 Å². The summed E-state index contributed by atoms with van der Waals surface area (Å²) in [6, 6.07) is 4.61. The molecular formula is C11H7BrF3NO. The van der Waals surface area contributed by atoms with Gasteiger partial charge in [0, 0.05) is 15.4 Å². The van der Waals surface area contributed by atoms with Gasteiger partial charge < -0.3 is 4.98 Å². The Bertz CT molecular complexity index is 601. The first-order valence-corrected chi connectivity index (χ1v) is 5.49. The maximum Gasteiger partial charge on any atom is 0.431 e. The van der Waals surface area contributed by atoms with Gasteiger partial charge in [-0.3, -0.25) is 4.79 Å². The summed E-state index contributed by atoms with van der Waals surface area (Å²) in [7, 11) is 0. The molecule has 0 amide bonds. The zero-order chi connectivity index (χ0) is 12.8. The van der Waals surface area contributed by atoms with Crippen LogP contribution >= 0.6 is 15.9 Å². The van der Waals surface area contributed by atoms with Gasteiger partial charge in [0.2, 0.25) is 0 Å². The van der Waals surface area contributed by atoms with Crippen molar-refractivity contribution in [2.45, 2.75) is 13.1 Å². The number of hydrogen-bond acceptors (Lipinski definition) is 1. The van der Waals surface area contributed by atoms with Crippen molar-refractivity contribution in [1.82, 2.24) is 4.98 Å². The summed E-state index contributed by atoms with van der Waals surface area (Å²) in [6.07, 6.45) is -4.56. The summed E-state index contributed by atoms with van der Waals surface area (Å²) in [5.41, 5.74) is -1.00. The van der Waals surface area contributed by atoms with Crippen LogP contribution in [0.3, 0.4) is 0 Å². The predicted octanol–water partition coefficient (Wildman–Crippen LogP) is 4.15. The highest BCUT2D eigenvalue weighted by atomic mass is 79.9. The summed E-state index contributed by atoms with van der Waals surface area (Å²) in [5, 5.41) is 0.277. The van der Waals surface area contributed by atoms with Crippen molar-refractivity contribution in [3.63, 3.8) is 0 Å². The Morgan fingerprint density at radius 1 is 1.35 bits per heavy atom. The molecule has 0 fully saturated rings. The number of H-pyrrole nitrogens is 1. The van der Waals surface area contributed by atoms with Crippen molar-refractivity contribution in [1.29, 1.82) is 0 Å². The SMILES string of the molecule is CC(=O)c1c(C(F)(F)F)[nH]c2ccc(Br)cc12. The Balaban J connectivity index is 2.86. The molecular weight excluding hydrogens is 299 g/mol. The van der Waals surface area contributed by atoms with Crippen molar-refractivity contribution in [2.75, 3.05) is 0 Å². The van der Waals surface area contributed by atoms with Crippen LogP contribution in [0.1, 0.15) is 23.0 Å². The summed E-state index contributed by atoms with van der Waals surface area (Å²) in [4.78, 5) is 13.6. The van der Waals surface area contributed by atoms with Crippen LogP contribution in [0.15, 0.2) is 22.7 Å². The molecule has 2 nitrogen and oxygen atoms in total. The van der Waals surface area contributed by atoms with Crippen LogP contribution in [-0.4, -0.2) is 10.8 Å². The lowest BCUT2D eigenvalue weighted by atomic mass is 10.1. The van der Waals surface area contributed by atoms with E-state index in [1.807, 2.05) is 0 Å². The molecule has 1 heterocycles. The number of aromatic amines is 1. The van der Waals surface area contributed by atoms with Crippen LogP contribution < -0.4 is 0 Å². The molecule has 17 heavy (non-hydrogen) atoms. The monoisotopic (exact) mass is 305 g/mol. The lowest BCUT2D eigenvalue weighted by Crippen LogP contribution is -2.10. The van der Waals surface area contributed by atoms with Crippen molar-refractivity contribution in [2.24, 2.45) is 0 Å². The molecule has 0 atom stereocenters. The van der Waals surface area contributed by atoms with Gasteiger partial charge in [-0.1, -0.05) is 15.9 Å². The Morgan fingerprint density at radius 3 is 2.53 bits per heavy atom. The number of Topliss-reactive ketones (excluding diaryl/α,β-unsaturated/α-hetero) is 1. The number of hydrogen-bond donors (Lipinski definition) is 1. The molecule has 0 aliphatic heterocycles. The summed E-state index contributed by atoms with van der Waals surface area (Å²) < 4.78 is 38.9. The number of halogens is 4. The number of nitrogens with one attached hydrogen (secondary N) is 1. The van der Waals surface area contributed by atoms with Crippen LogP contribution in [0.25, 0.3) is 10.9 Å². The third-order valence-electron chi connectivity index (χ3n) is 2.40. The fourth-order valence-electron chi connectivity index (χ4n) is 1.74. The Morgan fingerprint density at radius 2 is 2.00 bits per heavy atom. The van der Waals surface area contributed by atoms with Crippen LogP contribution in [0.2, 0.25) is 0 Å². The molecule has 0 spiro atoms. The smallest absolute Gasteiger partial charge is 0.350 e. The van der Waals surface area contributed by atoms with Gasteiger partial charge in [-0.25, -0.2) is 0 Å². The molecule has 0 aliphatic carbocycles. The Hall–Kier alpha value is -1.30. The maximum absolute atomic E-state index is 12.8. The highest BCUT2D eigenvalue weighted by Gasteiger charge is 2.37. The molecule has 1 aromatic heterocycles. The molecule has 6 heteroatoms. The quantitative estimate of drug-likeness (QED) is 0.789. The van der Waals surface area contributed by atoms with E-state index in [0.717, 1.165) is 6.92 Å². The summed E-state index contributed by atoms with van der Waals surface area (Å²) in [5.74, 6) is -0.610. The largest absolute Gasteiger partial charge is 0.431 e. The molecule has 0 radical (unpaired) electrons. The summed E-state index contributed by atoms with van der Waals surface area (Å²) >= 11 is 3.17. The number of alkyl halides is 3. The Labute approximate surface area is 103 Å². The zero-order valence-corrected chi connectivity index (χ0v) is 10.2. The van der Waals surface area contributed by atoms with E-state index in [0.29, 0.717) is 9.99 Å².